The van der Waals surface area contributed by atoms with Gasteiger partial charge in [-0.25, -0.2) is 9.48 Å². The molecule has 0 saturated carbocycles. The van der Waals surface area contributed by atoms with E-state index < -0.39 is 17.6 Å². The summed E-state index contributed by atoms with van der Waals surface area (Å²) in [7, 11) is 0. The molecule has 2 aromatic carbocycles. The molecule has 11 heteroatoms. The Balaban J connectivity index is 1.55. The molecule has 3 aromatic rings. The number of hydrogen-bond acceptors (Lipinski definition) is 5. The van der Waals surface area contributed by atoms with Crippen LogP contribution < -0.4 is 21.5 Å². The highest BCUT2D eigenvalue weighted by atomic mass is 35.5. The topological polar surface area (TPSA) is 106 Å². The van der Waals surface area contributed by atoms with E-state index in [2.05, 4.69) is 10.2 Å². The maximum absolute atomic E-state index is 14.0. The van der Waals surface area contributed by atoms with Crippen molar-refractivity contribution in [3.05, 3.63) is 91.8 Å². The van der Waals surface area contributed by atoms with Gasteiger partial charge < -0.3 is 20.9 Å². The quantitative estimate of drug-likeness (QED) is 0.543. The Morgan fingerprint density at radius 1 is 1.00 bits per heavy atom. The summed E-state index contributed by atoms with van der Waals surface area (Å²) in [6, 6.07) is 14.5. The number of para-hydroxylation sites is 1. The number of carbonyl (C=O) groups is 2. The minimum absolute atomic E-state index is 0.223. The van der Waals surface area contributed by atoms with Gasteiger partial charge in [-0.3, -0.25) is 9.59 Å². The number of nitrogens with one attached hydrogen (secondary N) is 1. The lowest BCUT2D eigenvalue weighted by molar-refractivity contribution is -0.128. The molecule has 1 fully saturated rings. The van der Waals surface area contributed by atoms with Crippen molar-refractivity contribution < 1.29 is 9.59 Å². The van der Waals surface area contributed by atoms with Gasteiger partial charge in [0.05, 0.1) is 15.6 Å². The van der Waals surface area contributed by atoms with Gasteiger partial charge in [0.25, 0.3) is 11.5 Å². The Kier molecular flexibility index (Phi) is 6.27. The van der Waals surface area contributed by atoms with Gasteiger partial charge in [0.2, 0.25) is 0 Å². The highest BCUT2D eigenvalue weighted by molar-refractivity contribution is 6.42. The summed E-state index contributed by atoms with van der Waals surface area (Å²) in [6.07, 6.45) is 0. The Morgan fingerprint density at radius 3 is 2.36 bits per heavy atom. The highest BCUT2D eigenvalue weighted by Crippen LogP contribution is 2.41. The second-order valence-electron chi connectivity index (χ2n) is 8.69. The van der Waals surface area contributed by atoms with Crippen molar-refractivity contribution in [3.8, 4) is 0 Å². The second kappa shape index (κ2) is 9.40. The normalized spacial score (nSPS) is 17.6. The van der Waals surface area contributed by atoms with Crippen LogP contribution in [0.1, 0.15) is 18.5 Å². The summed E-state index contributed by atoms with van der Waals surface area (Å²) < 4.78 is 2.18. The number of primary amides is 1. The van der Waals surface area contributed by atoms with E-state index in [1.165, 1.54) is 10.7 Å². The predicted molar refractivity (Wildman–Crippen MR) is 140 cm³/mol. The van der Waals surface area contributed by atoms with Crippen LogP contribution in [0.2, 0.25) is 10.0 Å². The number of piperazine rings is 1. The van der Waals surface area contributed by atoms with Crippen LogP contribution in [0.25, 0.3) is 0 Å². The van der Waals surface area contributed by atoms with Crippen LogP contribution in [0.5, 0.6) is 0 Å². The van der Waals surface area contributed by atoms with Gasteiger partial charge in [0.15, 0.2) is 0 Å². The lowest BCUT2D eigenvalue weighted by atomic mass is 9.94. The highest BCUT2D eigenvalue weighted by Gasteiger charge is 2.39. The number of amides is 2. The summed E-state index contributed by atoms with van der Waals surface area (Å²) in [6.45, 7) is 4.09. The number of benzene rings is 2. The number of halogens is 2. The molecule has 1 atom stereocenters. The molecule has 0 spiro atoms. The first-order valence-electron chi connectivity index (χ1n) is 11.4. The Morgan fingerprint density at radius 2 is 1.69 bits per heavy atom. The summed E-state index contributed by atoms with van der Waals surface area (Å²) in [5.41, 5.74) is 7.42. The van der Waals surface area contributed by atoms with E-state index in [4.69, 9.17) is 28.9 Å². The number of aromatic nitrogens is 2. The fourth-order valence-electron chi connectivity index (χ4n) is 4.88. The van der Waals surface area contributed by atoms with Crippen molar-refractivity contribution in [1.82, 2.24) is 14.3 Å². The van der Waals surface area contributed by atoms with Crippen molar-refractivity contribution in [3.63, 3.8) is 0 Å². The van der Waals surface area contributed by atoms with Crippen molar-refractivity contribution >= 4 is 46.6 Å². The average Bonchev–Trinajstić information content (AvgIpc) is 3.20. The van der Waals surface area contributed by atoms with Crippen LogP contribution in [-0.4, -0.2) is 52.4 Å². The molecule has 186 valence electrons. The number of hydrogen-bond donors (Lipinski definition) is 2. The fraction of sp³-hybridized carbons (Fsp3) is 0.240. The summed E-state index contributed by atoms with van der Waals surface area (Å²) in [5, 5.41) is 3.61. The molecule has 36 heavy (non-hydrogen) atoms. The van der Waals surface area contributed by atoms with Crippen LogP contribution in [0.15, 0.2) is 70.7 Å². The van der Waals surface area contributed by atoms with E-state index in [1.807, 2.05) is 30.3 Å². The molecule has 1 saturated heterocycles. The lowest BCUT2D eigenvalue weighted by Crippen LogP contribution is -2.50. The molecule has 3 N–H and O–H groups in total. The second-order valence-corrected chi connectivity index (χ2v) is 9.47. The number of rotatable bonds is 3. The molecule has 3 heterocycles. The molecule has 2 aliphatic rings. The minimum atomic E-state index is -0.973. The van der Waals surface area contributed by atoms with Crippen LogP contribution in [0.4, 0.5) is 16.3 Å². The third-order valence-electron chi connectivity index (χ3n) is 6.57. The maximum Gasteiger partial charge on any atom is 0.341 e. The third kappa shape index (κ3) is 4.04. The Hall–Kier alpha value is -3.69. The van der Waals surface area contributed by atoms with Crippen molar-refractivity contribution in [2.45, 2.75) is 13.0 Å². The third-order valence-corrected chi connectivity index (χ3v) is 7.41. The Bertz CT molecular complexity index is 1440. The molecule has 0 radical (unpaired) electrons. The molecule has 0 bridgehead atoms. The first-order valence-corrected chi connectivity index (χ1v) is 12.2. The maximum atomic E-state index is 14.0. The van der Waals surface area contributed by atoms with Crippen LogP contribution in [-0.2, 0) is 4.79 Å². The van der Waals surface area contributed by atoms with Gasteiger partial charge >= 0.3 is 6.03 Å². The summed E-state index contributed by atoms with van der Waals surface area (Å²) in [4.78, 5) is 42.9. The minimum Gasteiger partial charge on any atom is -0.368 e. The first kappa shape index (κ1) is 24.0. The van der Waals surface area contributed by atoms with Gasteiger partial charge in [0, 0.05) is 49.2 Å². The number of fused-ring (bicyclic) bond motifs is 1. The zero-order chi connectivity index (χ0) is 25.6. The molecule has 2 aliphatic heterocycles. The van der Waals surface area contributed by atoms with E-state index in [9.17, 15) is 14.4 Å². The van der Waals surface area contributed by atoms with Gasteiger partial charge in [0.1, 0.15) is 11.9 Å². The van der Waals surface area contributed by atoms with Crippen LogP contribution >= 0.6 is 23.2 Å². The van der Waals surface area contributed by atoms with E-state index in [-0.39, 0.29) is 16.0 Å². The molecule has 1 unspecified atom stereocenters. The number of nitrogens with two attached hydrogens (primary N) is 1. The molecular weight excluding hydrogens is 503 g/mol. The average molecular weight is 527 g/mol. The standard InChI is InChI=1S/C25H24Cl2N6O3/c1-15-21(24(35)31-12-10-30(11-13-31)16-6-3-2-4-7-16)23(17-8-5-9-18(26)22(17)27)32-19(29-15)14-20(34)33(32)25(28)36/h2-9,14,23,29H,10-13H2,1H3,(H2,28,36). The van der Waals surface area contributed by atoms with E-state index in [0.717, 1.165) is 10.4 Å². The smallest absolute Gasteiger partial charge is 0.341 e. The molecule has 2 amide bonds. The number of nitrogens with zero attached hydrogens (tertiary/aromatic N) is 4. The summed E-state index contributed by atoms with van der Waals surface area (Å²) in [5.74, 6) is 0.0966. The number of allylic oxidation sites excluding steroid dienone is 1. The number of anilines is 2. The van der Waals surface area contributed by atoms with Gasteiger partial charge in [-0.15, -0.1) is 0 Å². The molecule has 5 rings (SSSR count). The molecular formula is C25H24Cl2N6O3. The van der Waals surface area contributed by atoms with E-state index in [0.29, 0.717) is 48.8 Å². The number of carbonyl (C=O) groups excluding carboxylic acids is 2. The van der Waals surface area contributed by atoms with E-state index >= 15 is 0 Å². The molecule has 1 aromatic heterocycles. The molecule has 9 nitrogen and oxygen atoms in total. The van der Waals surface area contributed by atoms with Crippen molar-refractivity contribution in [2.24, 2.45) is 5.73 Å². The van der Waals surface area contributed by atoms with Crippen LogP contribution in [0.3, 0.4) is 0 Å². The van der Waals surface area contributed by atoms with Crippen LogP contribution in [0, 0.1) is 0 Å². The molecule has 0 aliphatic carbocycles. The Labute approximate surface area is 217 Å². The largest absolute Gasteiger partial charge is 0.368 e. The SMILES string of the molecule is CC1=C(C(=O)N2CCN(c3ccccc3)CC2)C(c2cccc(Cl)c2Cl)n2c(cc(=O)n2C(N)=O)N1. The zero-order valence-corrected chi connectivity index (χ0v) is 21.0. The van der Waals surface area contributed by atoms with Crippen molar-refractivity contribution in [1.29, 1.82) is 0 Å². The fourth-order valence-corrected chi connectivity index (χ4v) is 5.29. The zero-order valence-electron chi connectivity index (χ0n) is 19.4. The summed E-state index contributed by atoms with van der Waals surface area (Å²) >= 11 is 12.9. The van der Waals surface area contributed by atoms with Gasteiger partial charge in [-0.2, -0.15) is 4.68 Å². The van der Waals surface area contributed by atoms with Gasteiger partial charge in [-0.05, 0) is 25.1 Å². The lowest BCUT2D eigenvalue weighted by Gasteiger charge is -2.39. The predicted octanol–water partition coefficient (Wildman–Crippen LogP) is 3.52. The van der Waals surface area contributed by atoms with E-state index in [1.54, 1.807) is 30.0 Å². The van der Waals surface area contributed by atoms with Crippen molar-refractivity contribution in [2.75, 3.05) is 36.4 Å². The monoisotopic (exact) mass is 526 g/mol. The first-order chi connectivity index (χ1) is 17.3. The van der Waals surface area contributed by atoms with Gasteiger partial charge in [-0.1, -0.05) is 53.5 Å².